The van der Waals surface area contributed by atoms with Crippen molar-refractivity contribution in [2.75, 3.05) is 26.2 Å². The van der Waals surface area contributed by atoms with Crippen LogP contribution in [-0.2, 0) is 4.74 Å². The Bertz CT molecular complexity index is 743. The lowest BCUT2D eigenvalue weighted by molar-refractivity contribution is 0.0255. The van der Waals surface area contributed by atoms with Crippen LogP contribution in [0.1, 0.15) is 37.7 Å². The fourth-order valence-electron chi connectivity index (χ4n) is 2.99. The Balaban J connectivity index is 1.66. The van der Waals surface area contributed by atoms with E-state index < -0.39 is 5.60 Å². The first-order chi connectivity index (χ1) is 11.8. The van der Waals surface area contributed by atoms with Crippen LogP contribution in [-0.4, -0.2) is 58.6 Å². The monoisotopic (exact) mass is 343 g/mol. The maximum Gasteiger partial charge on any atom is 0.410 e. The highest BCUT2D eigenvalue weighted by atomic mass is 16.6. The molecule has 0 bridgehead atoms. The molecule has 0 radical (unpaired) electrons. The number of para-hydroxylation sites is 1. The molecule has 0 atom stereocenters. The van der Waals surface area contributed by atoms with E-state index in [4.69, 9.17) is 4.74 Å². The molecule has 0 saturated carbocycles. The van der Waals surface area contributed by atoms with Crippen LogP contribution in [0.4, 0.5) is 4.79 Å². The smallest absolute Gasteiger partial charge is 0.410 e. The molecule has 0 unspecified atom stereocenters. The molecule has 6 heteroatoms. The molecular weight excluding hydrogens is 318 g/mol. The summed E-state index contributed by atoms with van der Waals surface area (Å²) in [4.78, 5) is 31.7. The molecule has 2 heterocycles. The Kier molecular flexibility index (Phi) is 4.70. The summed E-state index contributed by atoms with van der Waals surface area (Å²) >= 11 is 0. The predicted octanol–water partition coefficient (Wildman–Crippen LogP) is 3.25. The largest absolute Gasteiger partial charge is 0.444 e. The van der Waals surface area contributed by atoms with Gasteiger partial charge in [0.05, 0.1) is 0 Å². The van der Waals surface area contributed by atoms with Crippen LogP contribution >= 0.6 is 0 Å². The molecule has 2 aromatic rings. The second kappa shape index (κ2) is 6.78. The third-order valence-electron chi connectivity index (χ3n) is 4.20. The van der Waals surface area contributed by atoms with Gasteiger partial charge in [0.1, 0.15) is 11.3 Å². The molecule has 1 saturated heterocycles. The van der Waals surface area contributed by atoms with Gasteiger partial charge >= 0.3 is 6.09 Å². The number of ether oxygens (including phenoxy) is 1. The summed E-state index contributed by atoms with van der Waals surface area (Å²) in [7, 11) is 0. The van der Waals surface area contributed by atoms with Gasteiger partial charge in [-0.3, -0.25) is 4.79 Å². The lowest BCUT2D eigenvalue weighted by atomic mass is 10.2. The average Bonchev–Trinajstić information content (AvgIpc) is 2.81. The molecule has 1 aliphatic heterocycles. The summed E-state index contributed by atoms with van der Waals surface area (Å²) < 4.78 is 5.43. The number of carbonyl (C=O) groups excluding carboxylic acids is 2. The molecule has 2 amide bonds. The van der Waals surface area contributed by atoms with E-state index in [2.05, 4.69) is 4.98 Å². The zero-order valence-electron chi connectivity index (χ0n) is 15.0. The van der Waals surface area contributed by atoms with Crippen LogP contribution in [0.3, 0.4) is 0 Å². The lowest BCUT2D eigenvalue weighted by Gasteiger charge is -2.26. The van der Waals surface area contributed by atoms with Crippen molar-refractivity contribution in [2.45, 2.75) is 32.8 Å². The molecule has 0 aliphatic carbocycles. The Hall–Kier alpha value is -2.50. The van der Waals surface area contributed by atoms with Crippen LogP contribution in [0.2, 0.25) is 0 Å². The van der Waals surface area contributed by atoms with Gasteiger partial charge < -0.3 is 19.5 Å². The standard InChI is InChI=1S/C19H25N3O3/c1-19(2,3)25-18(24)22-10-6-9-21(11-12-22)17(23)16-13-14-7-4-5-8-15(14)20-16/h4-5,7-8,13,20H,6,9-12H2,1-3H3. The Morgan fingerprint density at radius 3 is 2.44 bits per heavy atom. The minimum Gasteiger partial charge on any atom is -0.444 e. The van der Waals surface area contributed by atoms with Crippen molar-refractivity contribution in [3.8, 4) is 0 Å². The van der Waals surface area contributed by atoms with Crippen molar-refractivity contribution in [1.82, 2.24) is 14.8 Å². The Morgan fingerprint density at radius 2 is 1.72 bits per heavy atom. The molecule has 25 heavy (non-hydrogen) atoms. The highest BCUT2D eigenvalue weighted by Gasteiger charge is 2.26. The van der Waals surface area contributed by atoms with E-state index in [0.717, 1.165) is 17.3 Å². The fraction of sp³-hybridized carbons (Fsp3) is 0.474. The molecule has 1 aromatic carbocycles. The molecule has 0 spiro atoms. The molecular formula is C19H25N3O3. The molecule has 6 nitrogen and oxygen atoms in total. The predicted molar refractivity (Wildman–Crippen MR) is 96.6 cm³/mol. The number of amides is 2. The summed E-state index contributed by atoms with van der Waals surface area (Å²) in [6.45, 7) is 7.80. The molecule has 1 fully saturated rings. The van der Waals surface area contributed by atoms with E-state index in [1.54, 1.807) is 9.80 Å². The van der Waals surface area contributed by atoms with Gasteiger partial charge in [0.2, 0.25) is 0 Å². The lowest BCUT2D eigenvalue weighted by Crippen LogP contribution is -2.40. The number of hydrogen-bond donors (Lipinski definition) is 1. The van der Waals surface area contributed by atoms with Gasteiger partial charge in [0.15, 0.2) is 0 Å². The second-order valence-corrected chi connectivity index (χ2v) is 7.38. The van der Waals surface area contributed by atoms with Gasteiger partial charge in [-0.25, -0.2) is 4.79 Å². The number of aromatic nitrogens is 1. The Morgan fingerprint density at radius 1 is 1.04 bits per heavy atom. The third kappa shape index (κ3) is 4.13. The van der Waals surface area contributed by atoms with Crippen LogP contribution in [0.25, 0.3) is 10.9 Å². The summed E-state index contributed by atoms with van der Waals surface area (Å²) in [6.07, 6.45) is 0.429. The van der Waals surface area contributed by atoms with Gasteiger partial charge in [-0.1, -0.05) is 18.2 Å². The highest BCUT2D eigenvalue weighted by molar-refractivity contribution is 5.98. The maximum absolute atomic E-state index is 12.8. The van der Waals surface area contributed by atoms with E-state index in [1.165, 1.54) is 0 Å². The van der Waals surface area contributed by atoms with Crippen LogP contribution in [0.5, 0.6) is 0 Å². The number of hydrogen-bond acceptors (Lipinski definition) is 3. The van der Waals surface area contributed by atoms with E-state index in [1.807, 2.05) is 51.1 Å². The van der Waals surface area contributed by atoms with Crippen molar-refractivity contribution in [3.05, 3.63) is 36.0 Å². The summed E-state index contributed by atoms with van der Waals surface area (Å²) in [5.41, 5.74) is 1.03. The molecule has 1 N–H and O–H groups in total. The second-order valence-electron chi connectivity index (χ2n) is 7.38. The van der Waals surface area contributed by atoms with Crippen molar-refractivity contribution >= 4 is 22.9 Å². The number of rotatable bonds is 1. The maximum atomic E-state index is 12.8. The van der Waals surface area contributed by atoms with Crippen molar-refractivity contribution in [1.29, 1.82) is 0 Å². The minimum absolute atomic E-state index is 0.0257. The van der Waals surface area contributed by atoms with Gasteiger partial charge in [-0.05, 0) is 39.3 Å². The van der Waals surface area contributed by atoms with E-state index >= 15 is 0 Å². The normalized spacial score (nSPS) is 16.0. The van der Waals surface area contributed by atoms with Gasteiger partial charge in [-0.2, -0.15) is 0 Å². The van der Waals surface area contributed by atoms with Crippen molar-refractivity contribution in [3.63, 3.8) is 0 Å². The SMILES string of the molecule is CC(C)(C)OC(=O)N1CCCN(C(=O)c2cc3ccccc3[nH]2)CC1. The quantitative estimate of drug-likeness (QED) is 0.864. The van der Waals surface area contributed by atoms with Crippen LogP contribution < -0.4 is 0 Å². The van der Waals surface area contributed by atoms with Crippen LogP contribution in [0.15, 0.2) is 30.3 Å². The van der Waals surface area contributed by atoms with E-state index in [9.17, 15) is 9.59 Å². The van der Waals surface area contributed by atoms with Gasteiger partial charge in [0.25, 0.3) is 5.91 Å². The minimum atomic E-state index is -0.511. The number of fused-ring (bicyclic) bond motifs is 1. The first-order valence-corrected chi connectivity index (χ1v) is 8.68. The topological polar surface area (TPSA) is 65.6 Å². The number of nitrogens with zero attached hydrogens (tertiary/aromatic N) is 2. The number of nitrogens with one attached hydrogen (secondary N) is 1. The highest BCUT2D eigenvalue weighted by Crippen LogP contribution is 2.17. The molecule has 1 aliphatic rings. The summed E-state index contributed by atoms with van der Waals surface area (Å²) in [5.74, 6) is -0.0257. The number of aromatic amines is 1. The molecule has 3 rings (SSSR count). The summed E-state index contributed by atoms with van der Waals surface area (Å²) in [5, 5.41) is 1.02. The van der Waals surface area contributed by atoms with Crippen molar-refractivity contribution < 1.29 is 14.3 Å². The first-order valence-electron chi connectivity index (χ1n) is 8.68. The molecule has 1 aromatic heterocycles. The van der Waals surface area contributed by atoms with Crippen LogP contribution in [0, 0.1) is 0 Å². The molecule has 134 valence electrons. The fourth-order valence-corrected chi connectivity index (χ4v) is 2.99. The number of benzene rings is 1. The van der Waals surface area contributed by atoms with Gasteiger partial charge in [-0.15, -0.1) is 0 Å². The zero-order chi connectivity index (χ0) is 18.0. The van der Waals surface area contributed by atoms with Gasteiger partial charge in [0, 0.05) is 37.1 Å². The van der Waals surface area contributed by atoms with E-state index in [0.29, 0.717) is 31.9 Å². The van der Waals surface area contributed by atoms with Crippen molar-refractivity contribution in [2.24, 2.45) is 0 Å². The van der Waals surface area contributed by atoms with E-state index in [-0.39, 0.29) is 12.0 Å². The number of H-pyrrole nitrogens is 1. The zero-order valence-corrected chi connectivity index (χ0v) is 15.0. The first kappa shape index (κ1) is 17.3. The third-order valence-corrected chi connectivity index (χ3v) is 4.20. The number of carbonyl (C=O) groups is 2. The summed E-state index contributed by atoms with van der Waals surface area (Å²) in [6, 6.07) is 9.72. The average molecular weight is 343 g/mol. The Labute approximate surface area is 147 Å².